The van der Waals surface area contributed by atoms with Gasteiger partial charge < -0.3 is 10.3 Å². The van der Waals surface area contributed by atoms with Gasteiger partial charge in [0.1, 0.15) is 0 Å². The van der Waals surface area contributed by atoms with Crippen molar-refractivity contribution in [2.45, 2.75) is 13.8 Å². The second-order valence-corrected chi connectivity index (χ2v) is 4.86. The van der Waals surface area contributed by atoms with Crippen LogP contribution in [0.3, 0.4) is 0 Å². The van der Waals surface area contributed by atoms with Crippen LogP contribution in [0, 0.1) is 13.8 Å². The van der Waals surface area contributed by atoms with Gasteiger partial charge in [0.15, 0.2) is 0 Å². The number of nitrogen functional groups attached to an aromatic ring is 1. The van der Waals surface area contributed by atoms with Crippen LogP contribution in [-0.4, -0.2) is 14.8 Å². The average Bonchev–Trinajstić information content (AvgIpc) is 2.64. The number of rotatable bonds is 1. The van der Waals surface area contributed by atoms with E-state index in [1.54, 1.807) is 12.4 Å². The third-order valence-corrected chi connectivity index (χ3v) is 3.88. The lowest BCUT2D eigenvalue weighted by Gasteiger charge is -2.05. The van der Waals surface area contributed by atoms with Gasteiger partial charge in [0, 0.05) is 29.2 Å². The minimum absolute atomic E-state index is 0.652. The molecular formula is C15H16N4. The Labute approximate surface area is 111 Å². The molecule has 3 aromatic rings. The number of aryl methyl sites for hydroxylation is 2. The Morgan fingerprint density at radius 2 is 1.84 bits per heavy atom. The van der Waals surface area contributed by atoms with E-state index < -0.39 is 0 Å². The van der Waals surface area contributed by atoms with Gasteiger partial charge in [-0.2, -0.15) is 10.2 Å². The molecule has 19 heavy (non-hydrogen) atoms. The van der Waals surface area contributed by atoms with Gasteiger partial charge in [0.05, 0.1) is 18.1 Å². The number of nitrogens with two attached hydrogens (primary N) is 1. The zero-order chi connectivity index (χ0) is 13.6. The molecule has 0 saturated heterocycles. The first-order valence-corrected chi connectivity index (χ1v) is 6.21. The number of hydrogen-bond donors (Lipinski definition) is 1. The number of anilines is 1. The third-order valence-electron chi connectivity index (χ3n) is 3.88. The van der Waals surface area contributed by atoms with Crippen LogP contribution in [0.25, 0.3) is 22.0 Å². The number of fused-ring (bicyclic) bond motifs is 1. The highest BCUT2D eigenvalue weighted by atomic mass is 15.1. The molecule has 0 unspecified atom stereocenters. The lowest BCUT2D eigenvalue weighted by atomic mass is 10.0. The summed E-state index contributed by atoms with van der Waals surface area (Å²) in [5.41, 5.74) is 12.4. The first-order valence-electron chi connectivity index (χ1n) is 6.21. The maximum absolute atomic E-state index is 5.96. The smallest absolute Gasteiger partial charge is 0.0732 e. The molecule has 1 aromatic carbocycles. The molecule has 0 aliphatic heterocycles. The summed E-state index contributed by atoms with van der Waals surface area (Å²) in [4.78, 5) is 0. The van der Waals surface area contributed by atoms with Crippen LogP contribution >= 0.6 is 0 Å². The molecule has 4 heteroatoms. The number of benzene rings is 1. The van der Waals surface area contributed by atoms with Crippen LogP contribution in [0.15, 0.2) is 30.6 Å². The molecule has 0 spiro atoms. The zero-order valence-corrected chi connectivity index (χ0v) is 11.3. The summed E-state index contributed by atoms with van der Waals surface area (Å²) in [5, 5.41) is 8.96. The Balaban J connectivity index is 2.28. The quantitative estimate of drug-likeness (QED) is 0.724. The maximum atomic E-state index is 5.96. The predicted octanol–water partition coefficient (Wildman–Crippen LogP) is 2.83. The van der Waals surface area contributed by atoms with Crippen molar-refractivity contribution in [2.24, 2.45) is 7.05 Å². The molecule has 2 heterocycles. The molecule has 0 aliphatic carbocycles. The second kappa shape index (κ2) is 4.09. The molecular weight excluding hydrogens is 236 g/mol. The molecule has 4 nitrogen and oxygen atoms in total. The predicted molar refractivity (Wildman–Crippen MR) is 77.8 cm³/mol. The Morgan fingerprint density at radius 3 is 2.58 bits per heavy atom. The lowest BCUT2D eigenvalue weighted by Crippen LogP contribution is -1.93. The molecule has 0 atom stereocenters. The van der Waals surface area contributed by atoms with Gasteiger partial charge in [0.25, 0.3) is 0 Å². The van der Waals surface area contributed by atoms with Crippen LogP contribution in [0.2, 0.25) is 0 Å². The van der Waals surface area contributed by atoms with E-state index in [2.05, 4.69) is 53.9 Å². The van der Waals surface area contributed by atoms with E-state index in [0.29, 0.717) is 5.69 Å². The Bertz CT molecular complexity index is 771. The third kappa shape index (κ3) is 1.68. The van der Waals surface area contributed by atoms with Crippen LogP contribution in [0.4, 0.5) is 5.69 Å². The minimum Gasteiger partial charge on any atom is -0.397 e. The van der Waals surface area contributed by atoms with Crippen molar-refractivity contribution in [3.05, 3.63) is 41.9 Å². The summed E-state index contributed by atoms with van der Waals surface area (Å²) >= 11 is 0. The number of aromatic nitrogens is 3. The molecule has 0 radical (unpaired) electrons. The van der Waals surface area contributed by atoms with Crippen molar-refractivity contribution in [1.29, 1.82) is 0 Å². The molecule has 96 valence electrons. The number of nitrogens with zero attached hydrogens (tertiary/aromatic N) is 3. The molecule has 0 amide bonds. The van der Waals surface area contributed by atoms with E-state index in [1.165, 1.54) is 22.2 Å². The maximum Gasteiger partial charge on any atom is 0.0732 e. The molecule has 0 bridgehead atoms. The average molecular weight is 252 g/mol. The number of hydrogen-bond acceptors (Lipinski definition) is 3. The topological polar surface area (TPSA) is 56.7 Å². The summed E-state index contributed by atoms with van der Waals surface area (Å²) < 4.78 is 2.21. The minimum atomic E-state index is 0.652. The van der Waals surface area contributed by atoms with Crippen LogP contribution in [0.1, 0.15) is 11.3 Å². The van der Waals surface area contributed by atoms with Crippen molar-refractivity contribution in [2.75, 3.05) is 5.73 Å². The van der Waals surface area contributed by atoms with Gasteiger partial charge in [-0.05, 0) is 37.1 Å². The van der Waals surface area contributed by atoms with E-state index in [0.717, 1.165) is 11.1 Å². The van der Waals surface area contributed by atoms with Crippen molar-refractivity contribution >= 4 is 16.6 Å². The van der Waals surface area contributed by atoms with Gasteiger partial charge >= 0.3 is 0 Å². The first-order chi connectivity index (χ1) is 9.09. The van der Waals surface area contributed by atoms with E-state index in [1.807, 2.05) is 0 Å². The largest absolute Gasteiger partial charge is 0.397 e. The van der Waals surface area contributed by atoms with Crippen LogP contribution in [-0.2, 0) is 7.05 Å². The van der Waals surface area contributed by atoms with Gasteiger partial charge in [-0.1, -0.05) is 6.07 Å². The molecule has 0 aliphatic rings. The van der Waals surface area contributed by atoms with Gasteiger partial charge in [0.2, 0.25) is 0 Å². The summed E-state index contributed by atoms with van der Waals surface area (Å²) in [6.45, 7) is 4.28. The second-order valence-electron chi connectivity index (χ2n) is 4.86. The van der Waals surface area contributed by atoms with E-state index >= 15 is 0 Å². The van der Waals surface area contributed by atoms with E-state index in [-0.39, 0.29) is 0 Å². The lowest BCUT2D eigenvalue weighted by molar-refractivity contribution is 0.910. The van der Waals surface area contributed by atoms with Crippen molar-refractivity contribution in [3.8, 4) is 11.1 Å². The fourth-order valence-electron chi connectivity index (χ4n) is 2.50. The molecule has 3 rings (SSSR count). The zero-order valence-electron chi connectivity index (χ0n) is 11.3. The summed E-state index contributed by atoms with van der Waals surface area (Å²) in [6.07, 6.45) is 3.30. The highest BCUT2D eigenvalue weighted by molar-refractivity contribution is 5.91. The van der Waals surface area contributed by atoms with E-state index in [4.69, 9.17) is 5.73 Å². The Kier molecular flexibility index (Phi) is 2.52. The van der Waals surface area contributed by atoms with Crippen LogP contribution in [0.5, 0.6) is 0 Å². The molecule has 2 N–H and O–H groups in total. The summed E-state index contributed by atoms with van der Waals surface area (Å²) in [7, 11) is 2.09. The standard InChI is InChI=1S/C15H16N4/c1-9-10(2)19(3)15-5-4-11(6-12(9)15)13-7-17-18-8-14(13)16/h4-8H,1-3H3,(H2,16,17). The van der Waals surface area contributed by atoms with Gasteiger partial charge in [-0.25, -0.2) is 0 Å². The van der Waals surface area contributed by atoms with Crippen LogP contribution < -0.4 is 5.73 Å². The normalized spacial score (nSPS) is 11.1. The highest BCUT2D eigenvalue weighted by Crippen LogP contribution is 2.31. The summed E-state index contributed by atoms with van der Waals surface area (Å²) in [6, 6.07) is 6.38. The fraction of sp³-hybridized carbons (Fsp3) is 0.200. The Hall–Kier alpha value is -2.36. The Morgan fingerprint density at radius 1 is 1.11 bits per heavy atom. The SMILES string of the molecule is Cc1c(C)n(C)c2ccc(-c3cnncc3N)cc12. The first kappa shape index (κ1) is 11.7. The monoisotopic (exact) mass is 252 g/mol. The molecule has 0 saturated carbocycles. The van der Waals surface area contributed by atoms with Gasteiger partial charge in [-0.15, -0.1) is 0 Å². The molecule has 2 aromatic heterocycles. The molecule has 0 fully saturated rings. The van der Waals surface area contributed by atoms with Gasteiger partial charge in [-0.3, -0.25) is 0 Å². The summed E-state index contributed by atoms with van der Waals surface area (Å²) in [5.74, 6) is 0. The fourth-order valence-corrected chi connectivity index (χ4v) is 2.50. The van der Waals surface area contributed by atoms with Crippen molar-refractivity contribution in [3.63, 3.8) is 0 Å². The van der Waals surface area contributed by atoms with Crippen molar-refractivity contribution in [1.82, 2.24) is 14.8 Å². The van der Waals surface area contributed by atoms with E-state index in [9.17, 15) is 0 Å². The van der Waals surface area contributed by atoms with Crippen molar-refractivity contribution < 1.29 is 0 Å². The highest BCUT2D eigenvalue weighted by Gasteiger charge is 2.10.